The Kier molecular flexibility index (Phi) is 5.34. The van der Waals surface area contributed by atoms with E-state index < -0.39 is 11.8 Å². The second-order valence-electron chi connectivity index (χ2n) is 5.23. The SMILES string of the molecule is COc1ccc(Cl)cc1NC1=C(Cl)C(=O)N(c2cc(Cl)cc(Cl)c2)C1=O. The number of halogens is 4. The van der Waals surface area contributed by atoms with E-state index in [0.29, 0.717) is 16.5 Å². The summed E-state index contributed by atoms with van der Waals surface area (Å²) in [6, 6.07) is 9.17. The molecule has 1 aliphatic rings. The van der Waals surface area contributed by atoms with Crippen molar-refractivity contribution in [1.82, 2.24) is 0 Å². The Morgan fingerprint density at radius 2 is 1.54 bits per heavy atom. The maximum absolute atomic E-state index is 12.8. The highest BCUT2D eigenvalue weighted by atomic mass is 35.5. The van der Waals surface area contributed by atoms with E-state index in [0.717, 1.165) is 4.90 Å². The van der Waals surface area contributed by atoms with Gasteiger partial charge in [0.2, 0.25) is 0 Å². The molecule has 0 fully saturated rings. The number of ether oxygens (including phenoxy) is 1. The lowest BCUT2D eigenvalue weighted by molar-refractivity contribution is -0.120. The van der Waals surface area contributed by atoms with Gasteiger partial charge >= 0.3 is 0 Å². The Labute approximate surface area is 169 Å². The van der Waals surface area contributed by atoms with Crippen LogP contribution in [0.4, 0.5) is 11.4 Å². The van der Waals surface area contributed by atoms with Crippen molar-refractivity contribution >= 4 is 69.6 Å². The molecular weight excluding hydrogens is 422 g/mol. The molecule has 5 nitrogen and oxygen atoms in total. The molecule has 2 aromatic rings. The second kappa shape index (κ2) is 7.37. The van der Waals surface area contributed by atoms with E-state index in [1.54, 1.807) is 18.2 Å². The molecular formula is C17H10Cl4N2O3. The molecule has 26 heavy (non-hydrogen) atoms. The number of nitrogens with zero attached hydrogens (tertiary/aromatic N) is 1. The highest BCUT2D eigenvalue weighted by molar-refractivity contribution is 6.53. The van der Waals surface area contributed by atoms with Crippen LogP contribution in [0.25, 0.3) is 0 Å². The normalized spacial score (nSPS) is 14.3. The van der Waals surface area contributed by atoms with Crippen molar-refractivity contribution in [2.45, 2.75) is 0 Å². The van der Waals surface area contributed by atoms with Crippen molar-refractivity contribution in [2.75, 3.05) is 17.3 Å². The Bertz CT molecular complexity index is 939. The predicted octanol–water partition coefficient (Wildman–Crippen LogP) is 5.09. The predicted molar refractivity (Wildman–Crippen MR) is 103 cm³/mol. The standard InChI is InChI=1S/C17H10Cl4N2O3/c1-26-13-3-2-8(18)7-12(13)22-15-14(21)16(24)23(17(15)25)11-5-9(19)4-10(20)6-11/h2-7,22H,1H3. The third-order valence-electron chi connectivity index (χ3n) is 3.55. The molecule has 1 heterocycles. The molecule has 9 heteroatoms. The minimum absolute atomic E-state index is 0.103. The van der Waals surface area contributed by atoms with Gasteiger partial charge in [-0.05, 0) is 36.4 Å². The first-order valence-corrected chi connectivity index (χ1v) is 8.68. The van der Waals surface area contributed by atoms with Gasteiger partial charge in [0.05, 0.1) is 18.5 Å². The largest absolute Gasteiger partial charge is 0.495 e. The number of carbonyl (C=O) groups excluding carboxylic acids is 2. The fourth-order valence-electron chi connectivity index (χ4n) is 2.43. The maximum atomic E-state index is 12.8. The van der Waals surface area contributed by atoms with Gasteiger partial charge in [0.25, 0.3) is 11.8 Å². The van der Waals surface area contributed by atoms with Crippen molar-refractivity contribution in [3.05, 3.63) is 62.2 Å². The van der Waals surface area contributed by atoms with Gasteiger partial charge in [-0.15, -0.1) is 0 Å². The molecule has 0 aromatic heterocycles. The van der Waals surface area contributed by atoms with E-state index in [4.69, 9.17) is 51.1 Å². The maximum Gasteiger partial charge on any atom is 0.283 e. The number of hydrogen-bond acceptors (Lipinski definition) is 4. The monoisotopic (exact) mass is 430 g/mol. The van der Waals surface area contributed by atoms with Gasteiger partial charge in [-0.25, -0.2) is 4.90 Å². The number of rotatable bonds is 4. The smallest absolute Gasteiger partial charge is 0.283 e. The van der Waals surface area contributed by atoms with Gasteiger partial charge in [0, 0.05) is 15.1 Å². The topological polar surface area (TPSA) is 58.6 Å². The molecule has 0 bridgehead atoms. The van der Waals surface area contributed by atoms with Crippen LogP contribution < -0.4 is 15.0 Å². The molecule has 0 saturated carbocycles. The summed E-state index contributed by atoms with van der Waals surface area (Å²) in [6.07, 6.45) is 0. The van der Waals surface area contributed by atoms with Crippen molar-refractivity contribution in [3.63, 3.8) is 0 Å². The van der Waals surface area contributed by atoms with Crippen LogP contribution >= 0.6 is 46.4 Å². The number of amides is 2. The molecule has 2 amide bonds. The van der Waals surface area contributed by atoms with Crippen LogP contribution in [0.3, 0.4) is 0 Å². The van der Waals surface area contributed by atoms with Crippen LogP contribution in [0.5, 0.6) is 5.75 Å². The van der Waals surface area contributed by atoms with E-state index in [9.17, 15) is 9.59 Å². The zero-order chi connectivity index (χ0) is 19.0. The summed E-state index contributed by atoms with van der Waals surface area (Å²) in [5, 5.41) is 3.53. The van der Waals surface area contributed by atoms with Crippen LogP contribution in [0.2, 0.25) is 15.1 Å². The molecule has 0 unspecified atom stereocenters. The summed E-state index contributed by atoms with van der Waals surface area (Å²) < 4.78 is 5.22. The molecule has 0 atom stereocenters. The van der Waals surface area contributed by atoms with E-state index >= 15 is 0 Å². The van der Waals surface area contributed by atoms with Gasteiger partial charge in [0.1, 0.15) is 16.5 Å². The number of nitrogens with one attached hydrogen (secondary N) is 1. The van der Waals surface area contributed by atoms with E-state index in [1.165, 1.54) is 25.3 Å². The molecule has 134 valence electrons. The molecule has 0 saturated heterocycles. The summed E-state index contributed by atoms with van der Waals surface area (Å²) >= 11 is 24.0. The Morgan fingerprint density at radius 3 is 2.15 bits per heavy atom. The summed E-state index contributed by atoms with van der Waals surface area (Å²) in [5.41, 5.74) is 0.499. The van der Waals surface area contributed by atoms with Gasteiger partial charge in [-0.2, -0.15) is 0 Å². The first-order chi connectivity index (χ1) is 12.3. The lowest BCUT2D eigenvalue weighted by Gasteiger charge is -2.16. The second-order valence-corrected chi connectivity index (χ2v) is 6.92. The number of methoxy groups -OCH3 is 1. The number of hydrogen-bond donors (Lipinski definition) is 1. The first kappa shape index (κ1) is 18.9. The van der Waals surface area contributed by atoms with Crippen LogP contribution in [0.1, 0.15) is 0 Å². The number of anilines is 2. The van der Waals surface area contributed by atoms with Gasteiger partial charge < -0.3 is 10.1 Å². The van der Waals surface area contributed by atoms with Gasteiger partial charge in [0.15, 0.2) is 0 Å². The van der Waals surface area contributed by atoms with Crippen LogP contribution in [0.15, 0.2) is 47.1 Å². The third-order valence-corrected chi connectivity index (χ3v) is 4.58. The number of imide groups is 1. The zero-order valence-corrected chi connectivity index (χ0v) is 16.2. The molecule has 1 N–H and O–H groups in total. The summed E-state index contributed by atoms with van der Waals surface area (Å²) in [6.45, 7) is 0. The Hall–Kier alpha value is -1.92. The summed E-state index contributed by atoms with van der Waals surface area (Å²) in [4.78, 5) is 26.2. The fraction of sp³-hybridized carbons (Fsp3) is 0.0588. The molecule has 0 spiro atoms. The summed E-state index contributed by atoms with van der Waals surface area (Å²) in [5.74, 6) is -0.922. The van der Waals surface area contributed by atoms with Crippen LogP contribution in [0, 0.1) is 0 Å². The van der Waals surface area contributed by atoms with Crippen LogP contribution in [-0.2, 0) is 9.59 Å². The Balaban J connectivity index is 1.98. The summed E-state index contributed by atoms with van der Waals surface area (Å²) in [7, 11) is 1.46. The fourth-order valence-corrected chi connectivity index (χ4v) is 3.33. The zero-order valence-electron chi connectivity index (χ0n) is 13.1. The minimum atomic E-state index is -0.696. The highest BCUT2D eigenvalue weighted by Crippen LogP contribution is 2.35. The molecule has 0 aliphatic carbocycles. The van der Waals surface area contributed by atoms with Gasteiger partial charge in [-0.1, -0.05) is 46.4 Å². The highest BCUT2D eigenvalue weighted by Gasteiger charge is 2.39. The van der Waals surface area contributed by atoms with Crippen molar-refractivity contribution < 1.29 is 14.3 Å². The quantitative estimate of drug-likeness (QED) is 0.684. The number of benzene rings is 2. The lowest BCUT2D eigenvalue weighted by Crippen LogP contribution is -2.32. The van der Waals surface area contributed by atoms with Crippen molar-refractivity contribution in [2.24, 2.45) is 0 Å². The van der Waals surface area contributed by atoms with Crippen molar-refractivity contribution in [1.29, 1.82) is 0 Å². The molecule has 1 aliphatic heterocycles. The Morgan fingerprint density at radius 1 is 0.885 bits per heavy atom. The molecule has 0 radical (unpaired) electrons. The van der Waals surface area contributed by atoms with Crippen LogP contribution in [-0.4, -0.2) is 18.9 Å². The molecule has 3 rings (SSSR count). The average Bonchev–Trinajstić information content (AvgIpc) is 2.78. The third kappa shape index (κ3) is 3.48. The van der Waals surface area contributed by atoms with Gasteiger partial charge in [-0.3, -0.25) is 9.59 Å². The minimum Gasteiger partial charge on any atom is -0.495 e. The van der Waals surface area contributed by atoms with E-state index in [-0.39, 0.29) is 26.5 Å². The molecule has 2 aromatic carbocycles. The average molecular weight is 432 g/mol. The first-order valence-electron chi connectivity index (χ1n) is 7.17. The van der Waals surface area contributed by atoms with Crippen molar-refractivity contribution in [3.8, 4) is 5.75 Å². The van der Waals surface area contributed by atoms with E-state index in [2.05, 4.69) is 5.32 Å². The number of carbonyl (C=O) groups is 2. The lowest BCUT2D eigenvalue weighted by atomic mass is 10.2. The van der Waals surface area contributed by atoms with E-state index in [1.807, 2.05) is 0 Å².